The minimum atomic E-state index is -0.439. The van der Waals surface area contributed by atoms with Crippen LogP contribution in [0.5, 0.6) is 0 Å². The molecule has 0 saturated carbocycles. The summed E-state index contributed by atoms with van der Waals surface area (Å²) in [6.45, 7) is 0. The molecule has 0 aliphatic heterocycles. The summed E-state index contributed by atoms with van der Waals surface area (Å²) in [6, 6.07) is 13.5. The van der Waals surface area contributed by atoms with Gasteiger partial charge < -0.3 is 0 Å². The first-order valence-electron chi connectivity index (χ1n) is 5.73. The Morgan fingerprint density at radius 1 is 1.20 bits per heavy atom. The number of ketones is 1. The van der Waals surface area contributed by atoms with Crippen molar-refractivity contribution in [1.82, 2.24) is 0 Å². The van der Waals surface area contributed by atoms with Crippen molar-refractivity contribution in [3.63, 3.8) is 0 Å². The van der Waals surface area contributed by atoms with Crippen molar-refractivity contribution in [3.8, 4) is 0 Å². The third-order valence-corrected chi connectivity index (χ3v) is 4.12. The second-order valence-corrected chi connectivity index (χ2v) is 5.88. The molecule has 2 aromatic rings. The maximum atomic E-state index is 12.0. The third kappa shape index (κ3) is 3.68. The van der Waals surface area contributed by atoms with Gasteiger partial charge >= 0.3 is 0 Å². The van der Waals surface area contributed by atoms with Crippen LogP contribution >= 0.6 is 27.7 Å². The van der Waals surface area contributed by atoms with Crippen molar-refractivity contribution in [1.29, 1.82) is 0 Å². The van der Waals surface area contributed by atoms with Gasteiger partial charge in [-0.2, -0.15) is 0 Å². The van der Waals surface area contributed by atoms with E-state index in [-0.39, 0.29) is 17.2 Å². The standard InChI is InChI=1S/C14H10BrNO3S/c15-11-5-3-4-10(8-11)13(17)9-20-14-7-2-1-6-12(14)16(18)19/h1-8H,9H2. The van der Waals surface area contributed by atoms with Gasteiger partial charge in [0.2, 0.25) is 0 Å². The van der Waals surface area contributed by atoms with Crippen LogP contribution in [-0.2, 0) is 0 Å². The zero-order chi connectivity index (χ0) is 14.5. The van der Waals surface area contributed by atoms with Crippen LogP contribution in [-0.4, -0.2) is 16.5 Å². The molecule has 0 atom stereocenters. The molecule has 0 radical (unpaired) electrons. The quantitative estimate of drug-likeness (QED) is 0.348. The first kappa shape index (κ1) is 14.7. The first-order chi connectivity index (χ1) is 9.58. The Kier molecular flexibility index (Phi) is 4.92. The summed E-state index contributed by atoms with van der Waals surface area (Å²) in [5.74, 6) is 0.107. The molecule has 102 valence electrons. The average molecular weight is 352 g/mol. The predicted molar refractivity (Wildman–Crippen MR) is 82.3 cm³/mol. The molecule has 0 heterocycles. The summed E-state index contributed by atoms with van der Waals surface area (Å²) in [6.07, 6.45) is 0. The van der Waals surface area contributed by atoms with Gasteiger partial charge in [0, 0.05) is 16.1 Å². The van der Waals surface area contributed by atoms with E-state index in [1.807, 2.05) is 6.07 Å². The number of thioether (sulfide) groups is 1. The smallest absolute Gasteiger partial charge is 0.282 e. The zero-order valence-electron chi connectivity index (χ0n) is 10.3. The molecule has 0 saturated heterocycles. The third-order valence-electron chi connectivity index (χ3n) is 2.57. The lowest BCUT2D eigenvalue weighted by Gasteiger charge is -2.03. The number of benzene rings is 2. The maximum absolute atomic E-state index is 12.0. The molecule has 0 amide bonds. The Morgan fingerprint density at radius 2 is 1.95 bits per heavy atom. The van der Waals surface area contributed by atoms with Gasteiger partial charge in [-0.05, 0) is 18.2 Å². The number of hydrogen-bond acceptors (Lipinski definition) is 4. The highest BCUT2D eigenvalue weighted by molar-refractivity contribution is 9.10. The zero-order valence-corrected chi connectivity index (χ0v) is 12.7. The molecule has 0 bridgehead atoms. The minimum absolute atomic E-state index is 0.0274. The van der Waals surface area contributed by atoms with Gasteiger partial charge in [-0.3, -0.25) is 14.9 Å². The molecule has 2 rings (SSSR count). The number of carbonyl (C=O) groups is 1. The van der Waals surface area contributed by atoms with Crippen molar-refractivity contribution in [2.75, 3.05) is 5.75 Å². The van der Waals surface area contributed by atoms with Crippen LogP contribution in [0.1, 0.15) is 10.4 Å². The van der Waals surface area contributed by atoms with Crippen LogP contribution < -0.4 is 0 Å². The lowest BCUT2D eigenvalue weighted by atomic mass is 10.2. The molecule has 0 N–H and O–H groups in total. The van der Waals surface area contributed by atoms with E-state index in [4.69, 9.17) is 0 Å². The number of rotatable bonds is 5. The molecular weight excluding hydrogens is 342 g/mol. The number of hydrogen-bond donors (Lipinski definition) is 0. The largest absolute Gasteiger partial charge is 0.293 e. The van der Waals surface area contributed by atoms with E-state index >= 15 is 0 Å². The van der Waals surface area contributed by atoms with Crippen molar-refractivity contribution in [2.24, 2.45) is 0 Å². The van der Waals surface area contributed by atoms with Crippen LogP contribution in [0.25, 0.3) is 0 Å². The first-order valence-corrected chi connectivity index (χ1v) is 7.51. The fraction of sp³-hybridized carbons (Fsp3) is 0.0714. The van der Waals surface area contributed by atoms with Gasteiger partial charge in [0.25, 0.3) is 5.69 Å². The van der Waals surface area contributed by atoms with Crippen LogP contribution in [0.3, 0.4) is 0 Å². The van der Waals surface area contributed by atoms with Gasteiger partial charge in [-0.25, -0.2) is 0 Å². The highest BCUT2D eigenvalue weighted by Gasteiger charge is 2.15. The molecule has 0 fully saturated rings. The number of nitro groups is 1. The van der Waals surface area contributed by atoms with E-state index in [0.717, 1.165) is 4.47 Å². The molecular formula is C14H10BrNO3S. The summed E-state index contributed by atoms with van der Waals surface area (Å²) in [5, 5.41) is 10.9. The molecule has 4 nitrogen and oxygen atoms in total. The molecule has 0 spiro atoms. The Morgan fingerprint density at radius 3 is 2.65 bits per heavy atom. The van der Waals surface area contributed by atoms with Crippen molar-refractivity contribution in [2.45, 2.75) is 4.90 Å². The molecule has 0 aliphatic carbocycles. The van der Waals surface area contributed by atoms with Crippen LogP contribution in [0.2, 0.25) is 0 Å². The number of carbonyl (C=O) groups excluding carboxylic acids is 1. The Bertz CT molecular complexity index is 660. The molecule has 20 heavy (non-hydrogen) atoms. The molecule has 6 heteroatoms. The topological polar surface area (TPSA) is 60.2 Å². The number of halogens is 1. The van der Waals surface area contributed by atoms with E-state index in [0.29, 0.717) is 10.5 Å². The fourth-order valence-corrected chi connectivity index (χ4v) is 2.94. The predicted octanol–water partition coefficient (Wildman–Crippen LogP) is 4.33. The number of Topliss-reactive ketones (excluding diaryl/α,β-unsaturated/α-hetero) is 1. The van der Waals surface area contributed by atoms with Gasteiger partial charge in [0.05, 0.1) is 15.6 Å². The van der Waals surface area contributed by atoms with Gasteiger partial charge in [-0.1, -0.05) is 40.2 Å². The van der Waals surface area contributed by atoms with Crippen LogP contribution in [0, 0.1) is 10.1 Å². The molecule has 0 unspecified atom stereocenters. The monoisotopic (exact) mass is 351 g/mol. The maximum Gasteiger partial charge on any atom is 0.282 e. The highest BCUT2D eigenvalue weighted by atomic mass is 79.9. The molecule has 0 aliphatic rings. The summed E-state index contributed by atoms with van der Waals surface area (Å²) in [4.78, 5) is 23.0. The SMILES string of the molecule is O=C(CSc1ccccc1[N+](=O)[O-])c1cccc(Br)c1. The van der Waals surface area contributed by atoms with E-state index in [2.05, 4.69) is 15.9 Å². The van der Waals surface area contributed by atoms with Gasteiger partial charge in [0.1, 0.15) is 0 Å². The van der Waals surface area contributed by atoms with Gasteiger partial charge in [0.15, 0.2) is 5.78 Å². The molecule has 0 aromatic heterocycles. The second kappa shape index (κ2) is 6.67. The highest BCUT2D eigenvalue weighted by Crippen LogP contribution is 2.29. The Balaban J connectivity index is 2.09. The summed E-state index contributed by atoms with van der Waals surface area (Å²) in [5.41, 5.74) is 0.616. The lowest BCUT2D eigenvalue weighted by Crippen LogP contribution is -2.02. The van der Waals surface area contributed by atoms with Crippen molar-refractivity contribution < 1.29 is 9.72 Å². The van der Waals surface area contributed by atoms with Gasteiger partial charge in [-0.15, -0.1) is 11.8 Å². The number of para-hydroxylation sites is 1. The number of nitrogens with zero attached hydrogens (tertiary/aromatic N) is 1. The van der Waals surface area contributed by atoms with Crippen molar-refractivity contribution in [3.05, 3.63) is 68.7 Å². The fourth-order valence-electron chi connectivity index (χ4n) is 1.62. The molecule has 2 aromatic carbocycles. The summed E-state index contributed by atoms with van der Waals surface area (Å²) < 4.78 is 0.832. The Hall–Kier alpha value is -1.66. The number of nitro benzene ring substituents is 1. The van der Waals surface area contributed by atoms with E-state index < -0.39 is 4.92 Å². The van der Waals surface area contributed by atoms with Crippen molar-refractivity contribution >= 4 is 39.2 Å². The van der Waals surface area contributed by atoms with E-state index in [1.165, 1.54) is 17.8 Å². The van der Waals surface area contributed by atoms with E-state index in [9.17, 15) is 14.9 Å². The van der Waals surface area contributed by atoms with Crippen LogP contribution in [0.4, 0.5) is 5.69 Å². The average Bonchev–Trinajstić information content (AvgIpc) is 2.45. The Labute approximate surface area is 128 Å². The lowest BCUT2D eigenvalue weighted by molar-refractivity contribution is -0.387. The second-order valence-electron chi connectivity index (χ2n) is 3.95. The normalized spacial score (nSPS) is 10.2. The summed E-state index contributed by atoms with van der Waals surface area (Å²) in [7, 11) is 0. The minimum Gasteiger partial charge on any atom is -0.293 e. The van der Waals surface area contributed by atoms with Crippen LogP contribution in [0.15, 0.2) is 57.9 Å². The van der Waals surface area contributed by atoms with E-state index in [1.54, 1.807) is 36.4 Å². The summed E-state index contributed by atoms with van der Waals surface area (Å²) >= 11 is 4.49.